The summed E-state index contributed by atoms with van der Waals surface area (Å²) in [4.78, 5) is 2.20. The van der Waals surface area contributed by atoms with Gasteiger partial charge >= 0.3 is 12.5 Å². The number of alkyl halides is 4. The van der Waals surface area contributed by atoms with Gasteiger partial charge in [-0.15, -0.1) is 0 Å². The summed E-state index contributed by atoms with van der Waals surface area (Å²) in [5, 5.41) is 3.25. The first-order valence-electron chi connectivity index (χ1n) is 8.34. The number of benzene rings is 1. The van der Waals surface area contributed by atoms with E-state index < -0.39 is 12.5 Å². The number of halogens is 4. The van der Waals surface area contributed by atoms with Crippen LogP contribution in [0.15, 0.2) is 24.3 Å². The van der Waals surface area contributed by atoms with Gasteiger partial charge in [0.05, 0.1) is 0 Å². The second-order valence-electron chi connectivity index (χ2n) is 5.95. The fourth-order valence-electron chi connectivity index (χ4n) is 2.97. The van der Waals surface area contributed by atoms with Gasteiger partial charge in [-0.05, 0) is 12.5 Å². The summed E-state index contributed by atoms with van der Waals surface area (Å²) in [7, 11) is 0. The Morgan fingerprint density at radius 3 is 2.50 bits per heavy atom. The molecule has 0 bridgehead atoms. The molecule has 0 saturated carbocycles. The molecule has 0 amide bonds. The maximum absolute atomic E-state index is 13.4. The first-order valence-corrected chi connectivity index (χ1v) is 8.34. The number of hydrogen-bond acceptors (Lipinski definition) is 3. The molecule has 7 heteroatoms. The summed E-state index contributed by atoms with van der Waals surface area (Å²) < 4.78 is 56.2. The molecule has 1 aromatic carbocycles. The number of hydrogen-bond donors (Lipinski definition) is 1. The van der Waals surface area contributed by atoms with E-state index in [-0.39, 0.29) is 11.8 Å². The molecule has 1 aromatic rings. The van der Waals surface area contributed by atoms with Crippen molar-refractivity contribution in [2.75, 3.05) is 26.2 Å². The van der Waals surface area contributed by atoms with Gasteiger partial charge in [-0.2, -0.15) is 17.6 Å². The van der Waals surface area contributed by atoms with Gasteiger partial charge in [0.25, 0.3) is 0 Å². The van der Waals surface area contributed by atoms with E-state index in [1.807, 2.05) is 0 Å². The van der Waals surface area contributed by atoms with E-state index in [2.05, 4.69) is 21.9 Å². The molecule has 0 unspecified atom stereocenters. The highest BCUT2D eigenvalue weighted by molar-refractivity contribution is 5.36. The van der Waals surface area contributed by atoms with E-state index in [0.717, 1.165) is 45.4 Å². The van der Waals surface area contributed by atoms with E-state index in [0.29, 0.717) is 5.56 Å². The Kier molecular flexibility index (Phi) is 6.86. The van der Waals surface area contributed by atoms with Crippen molar-refractivity contribution in [3.8, 4) is 5.75 Å². The number of nitrogens with zero attached hydrogens (tertiary/aromatic N) is 1. The summed E-state index contributed by atoms with van der Waals surface area (Å²) in [6, 6.07) is 6.17. The number of para-hydroxylation sites is 1. The maximum Gasteiger partial charge on any atom is 0.461 e. The molecule has 1 heterocycles. The molecule has 24 heavy (non-hydrogen) atoms. The Hall–Kier alpha value is -1.34. The second kappa shape index (κ2) is 8.67. The van der Waals surface area contributed by atoms with Gasteiger partial charge in [0, 0.05) is 37.8 Å². The lowest BCUT2D eigenvalue weighted by Crippen LogP contribution is -2.45. The third kappa shape index (κ3) is 4.83. The average Bonchev–Trinajstić information content (AvgIpc) is 2.57. The molecule has 3 nitrogen and oxygen atoms in total. The zero-order valence-electron chi connectivity index (χ0n) is 13.8. The quantitative estimate of drug-likeness (QED) is 0.717. The second-order valence-corrected chi connectivity index (χ2v) is 5.95. The third-order valence-corrected chi connectivity index (χ3v) is 4.20. The molecule has 1 N–H and O–H groups in total. The van der Waals surface area contributed by atoms with Crippen molar-refractivity contribution in [3.05, 3.63) is 29.8 Å². The molecule has 136 valence electrons. The zero-order chi connectivity index (χ0) is 17.6. The van der Waals surface area contributed by atoms with Crippen LogP contribution in [-0.2, 0) is 0 Å². The molecule has 0 radical (unpaired) electrons. The largest absolute Gasteiger partial charge is 0.461 e. The predicted octanol–water partition coefficient (Wildman–Crippen LogP) is 4.06. The molecule has 1 atom stereocenters. The monoisotopic (exact) mass is 348 g/mol. The SMILES string of the molecule is CCCC[C@H](c1ccccc1OC(F)(F)C(F)F)N1CCNCC1. The van der Waals surface area contributed by atoms with Crippen LogP contribution in [0.25, 0.3) is 0 Å². The minimum atomic E-state index is -4.49. The number of unbranched alkanes of at least 4 members (excludes halogenated alkanes) is 1. The van der Waals surface area contributed by atoms with Crippen LogP contribution in [0.4, 0.5) is 17.6 Å². The van der Waals surface area contributed by atoms with Gasteiger partial charge in [-0.1, -0.05) is 38.0 Å². The normalized spacial score (nSPS) is 17.9. The summed E-state index contributed by atoms with van der Waals surface area (Å²) in [6.07, 6.45) is -5.68. The Morgan fingerprint density at radius 1 is 1.21 bits per heavy atom. The Morgan fingerprint density at radius 2 is 1.88 bits per heavy atom. The molecule has 1 aliphatic heterocycles. The minimum absolute atomic E-state index is 0.114. The topological polar surface area (TPSA) is 24.5 Å². The van der Waals surface area contributed by atoms with Crippen molar-refractivity contribution < 1.29 is 22.3 Å². The van der Waals surface area contributed by atoms with Crippen molar-refractivity contribution >= 4 is 0 Å². The van der Waals surface area contributed by atoms with Gasteiger partial charge in [-0.3, -0.25) is 4.90 Å². The molecular weight excluding hydrogens is 324 g/mol. The smallest absolute Gasteiger partial charge is 0.428 e. The highest BCUT2D eigenvalue weighted by Crippen LogP contribution is 2.37. The number of ether oxygens (including phenoxy) is 1. The van der Waals surface area contributed by atoms with Crippen LogP contribution in [0.1, 0.15) is 37.8 Å². The lowest BCUT2D eigenvalue weighted by molar-refractivity contribution is -0.253. The number of nitrogens with one attached hydrogen (secondary N) is 1. The Labute approximate surface area is 140 Å². The summed E-state index contributed by atoms with van der Waals surface area (Å²) in [5.41, 5.74) is 0.549. The average molecular weight is 348 g/mol. The van der Waals surface area contributed by atoms with Crippen molar-refractivity contribution in [1.82, 2.24) is 10.2 Å². The van der Waals surface area contributed by atoms with Crippen molar-refractivity contribution in [2.24, 2.45) is 0 Å². The molecule has 1 aliphatic rings. The van der Waals surface area contributed by atoms with Crippen LogP contribution >= 0.6 is 0 Å². The fourth-order valence-corrected chi connectivity index (χ4v) is 2.97. The minimum Gasteiger partial charge on any atom is -0.428 e. The summed E-state index contributed by atoms with van der Waals surface area (Å²) >= 11 is 0. The fraction of sp³-hybridized carbons (Fsp3) is 0.647. The third-order valence-electron chi connectivity index (χ3n) is 4.20. The lowest BCUT2D eigenvalue weighted by Gasteiger charge is -2.36. The van der Waals surface area contributed by atoms with Crippen LogP contribution in [0.3, 0.4) is 0 Å². The molecule has 1 saturated heterocycles. The molecule has 0 aliphatic carbocycles. The molecule has 0 aromatic heterocycles. The predicted molar refractivity (Wildman–Crippen MR) is 84.7 cm³/mol. The van der Waals surface area contributed by atoms with Crippen LogP contribution in [-0.4, -0.2) is 43.6 Å². The lowest BCUT2D eigenvalue weighted by atomic mass is 9.98. The van der Waals surface area contributed by atoms with Gasteiger partial charge in [0.1, 0.15) is 5.75 Å². The van der Waals surface area contributed by atoms with E-state index in [9.17, 15) is 17.6 Å². The van der Waals surface area contributed by atoms with Crippen molar-refractivity contribution in [3.63, 3.8) is 0 Å². The van der Waals surface area contributed by atoms with Gasteiger partial charge < -0.3 is 10.1 Å². The first-order chi connectivity index (χ1) is 11.5. The van der Waals surface area contributed by atoms with Gasteiger partial charge in [0.15, 0.2) is 0 Å². The zero-order valence-corrected chi connectivity index (χ0v) is 13.8. The summed E-state index contributed by atoms with van der Waals surface area (Å²) in [6.45, 7) is 5.27. The van der Waals surface area contributed by atoms with Crippen LogP contribution in [0.5, 0.6) is 5.75 Å². The van der Waals surface area contributed by atoms with E-state index in [1.165, 1.54) is 12.1 Å². The van der Waals surface area contributed by atoms with Crippen LogP contribution < -0.4 is 10.1 Å². The van der Waals surface area contributed by atoms with Gasteiger partial charge in [0.2, 0.25) is 0 Å². The number of piperazine rings is 1. The Bertz CT molecular complexity index is 507. The van der Waals surface area contributed by atoms with Crippen LogP contribution in [0, 0.1) is 0 Å². The maximum atomic E-state index is 13.4. The standard InChI is InChI=1S/C17H24F4N2O/c1-2-3-7-14(23-11-9-22-10-12-23)13-6-4-5-8-15(13)24-17(20,21)16(18)19/h4-6,8,14,16,22H,2-3,7,9-12H2,1H3/t14-/m1/s1. The molecule has 0 spiro atoms. The van der Waals surface area contributed by atoms with Gasteiger partial charge in [-0.25, -0.2) is 0 Å². The van der Waals surface area contributed by atoms with Crippen molar-refractivity contribution in [2.45, 2.75) is 44.8 Å². The highest BCUT2D eigenvalue weighted by atomic mass is 19.3. The van der Waals surface area contributed by atoms with Crippen LogP contribution in [0.2, 0.25) is 0 Å². The first kappa shape index (κ1) is 19.0. The molecule has 1 fully saturated rings. The van der Waals surface area contributed by atoms with Crippen molar-refractivity contribution in [1.29, 1.82) is 0 Å². The van der Waals surface area contributed by atoms with E-state index in [4.69, 9.17) is 0 Å². The number of rotatable bonds is 8. The summed E-state index contributed by atoms with van der Waals surface area (Å²) in [5.74, 6) is -0.164. The highest BCUT2D eigenvalue weighted by Gasteiger charge is 2.44. The molecular formula is C17H24F4N2O. The van der Waals surface area contributed by atoms with E-state index >= 15 is 0 Å². The molecule has 2 rings (SSSR count). The van der Waals surface area contributed by atoms with E-state index in [1.54, 1.807) is 12.1 Å². The Balaban J connectivity index is 2.28.